The van der Waals surface area contributed by atoms with Crippen LogP contribution in [0.5, 0.6) is 0 Å². The lowest BCUT2D eigenvalue weighted by atomic mass is 10.1. The van der Waals surface area contributed by atoms with Crippen LogP contribution in [0.25, 0.3) is 0 Å². The standard InChI is InChI=1S/C10H16O3/c1-3-5-6-9(4-2)13-8-7-10(11)12/h4,7-9H,2-3,5-6H2,1H3,(H,11,12)/b8-7+. The normalized spacial score (nSPS) is 12.7. The van der Waals surface area contributed by atoms with E-state index in [1.165, 1.54) is 6.26 Å². The molecule has 3 heteroatoms. The number of hydrogen-bond acceptors (Lipinski definition) is 2. The first-order chi connectivity index (χ1) is 6.20. The minimum atomic E-state index is -1.00. The van der Waals surface area contributed by atoms with Gasteiger partial charge in [0.2, 0.25) is 0 Å². The maximum absolute atomic E-state index is 10.1. The van der Waals surface area contributed by atoms with Crippen LogP contribution in [0.4, 0.5) is 0 Å². The van der Waals surface area contributed by atoms with Gasteiger partial charge in [-0.05, 0) is 12.8 Å². The Balaban J connectivity index is 3.71. The van der Waals surface area contributed by atoms with E-state index in [0.717, 1.165) is 25.3 Å². The summed E-state index contributed by atoms with van der Waals surface area (Å²) in [5.41, 5.74) is 0. The molecule has 13 heavy (non-hydrogen) atoms. The second kappa shape index (κ2) is 7.40. The zero-order valence-corrected chi connectivity index (χ0v) is 7.90. The quantitative estimate of drug-likeness (QED) is 0.375. The van der Waals surface area contributed by atoms with E-state index in [2.05, 4.69) is 13.5 Å². The average Bonchev–Trinajstić information content (AvgIpc) is 2.10. The van der Waals surface area contributed by atoms with Crippen molar-refractivity contribution >= 4 is 5.97 Å². The highest BCUT2D eigenvalue weighted by atomic mass is 16.5. The van der Waals surface area contributed by atoms with Gasteiger partial charge in [-0.1, -0.05) is 26.0 Å². The van der Waals surface area contributed by atoms with Crippen molar-refractivity contribution in [2.45, 2.75) is 32.3 Å². The van der Waals surface area contributed by atoms with Crippen LogP contribution in [-0.2, 0) is 9.53 Å². The summed E-state index contributed by atoms with van der Waals surface area (Å²) in [6, 6.07) is 0. The fourth-order valence-electron chi connectivity index (χ4n) is 0.845. The number of aliphatic carboxylic acids is 1. The maximum atomic E-state index is 10.1. The number of hydrogen-bond donors (Lipinski definition) is 1. The molecule has 3 nitrogen and oxygen atoms in total. The summed E-state index contributed by atoms with van der Waals surface area (Å²) in [6.07, 6.45) is 6.81. The van der Waals surface area contributed by atoms with Gasteiger partial charge in [0.05, 0.1) is 12.3 Å². The van der Waals surface area contributed by atoms with Crippen LogP contribution < -0.4 is 0 Å². The number of ether oxygens (including phenoxy) is 1. The molecule has 0 aromatic rings. The van der Waals surface area contributed by atoms with Crippen LogP contribution in [0, 0.1) is 0 Å². The molecule has 1 atom stereocenters. The molecule has 0 aromatic carbocycles. The third-order valence-electron chi connectivity index (χ3n) is 1.57. The smallest absolute Gasteiger partial charge is 0.331 e. The van der Waals surface area contributed by atoms with Crippen LogP contribution in [-0.4, -0.2) is 17.2 Å². The Morgan fingerprint density at radius 2 is 2.38 bits per heavy atom. The number of carbonyl (C=O) groups is 1. The molecule has 0 radical (unpaired) electrons. The summed E-state index contributed by atoms with van der Waals surface area (Å²) in [5, 5.41) is 8.28. The molecule has 0 rings (SSSR count). The van der Waals surface area contributed by atoms with Gasteiger partial charge in [0, 0.05) is 0 Å². The van der Waals surface area contributed by atoms with Crippen molar-refractivity contribution in [1.82, 2.24) is 0 Å². The summed E-state index contributed by atoms with van der Waals surface area (Å²) >= 11 is 0. The van der Waals surface area contributed by atoms with Gasteiger partial charge in [-0.2, -0.15) is 0 Å². The Kier molecular flexibility index (Phi) is 6.69. The first-order valence-corrected chi connectivity index (χ1v) is 4.38. The molecule has 0 spiro atoms. The van der Waals surface area contributed by atoms with E-state index in [0.29, 0.717) is 0 Å². The third-order valence-corrected chi connectivity index (χ3v) is 1.57. The molecule has 0 saturated carbocycles. The Labute approximate surface area is 78.7 Å². The number of carboxylic acids is 1. The van der Waals surface area contributed by atoms with E-state index in [-0.39, 0.29) is 6.10 Å². The molecule has 0 aromatic heterocycles. The molecule has 0 fully saturated rings. The van der Waals surface area contributed by atoms with Crippen molar-refractivity contribution in [1.29, 1.82) is 0 Å². The van der Waals surface area contributed by atoms with E-state index in [1.807, 2.05) is 0 Å². The number of unbranched alkanes of at least 4 members (excludes halogenated alkanes) is 1. The maximum Gasteiger partial charge on any atom is 0.331 e. The second-order valence-electron chi connectivity index (χ2n) is 2.69. The minimum Gasteiger partial charge on any atom is -0.494 e. The van der Waals surface area contributed by atoms with Crippen LogP contribution in [0.1, 0.15) is 26.2 Å². The van der Waals surface area contributed by atoms with Crippen molar-refractivity contribution < 1.29 is 14.6 Å². The molecule has 0 aliphatic carbocycles. The zero-order chi connectivity index (χ0) is 10.1. The van der Waals surface area contributed by atoms with Crippen LogP contribution in [0.15, 0.2) is 25.0 Å². The predicted molar refractivity (Wildman–Crippen MR) is 51.4 cm³/mol. The summed E-state index contributed by atoms with van der Waals surface area (Å²) in [4.78, 5) is 10.1. The van der Waals surface area contributed by atoms with Crippen molar-refractivity contribution in [3.05, 3.63) is 25.0 Å². The van der Waals surface area contributed by atoms with E-state index < -0.39 is 5.97 Å². The van der Waals surface area contributed by atoms with Crippen molar-refractivity contribution in [2.75, 3.05) is 0 Å². The van der Waals surface area contributed by atoms with E-state index in [1.54, 1.807) is 6.08 Å². The minimum absolute atomic E-state index is 0.0736. The lowest BCUT2D eigenvalue weighted by Gasteiger charge is -2.10. The molecular formula is C10H16O3. The fraction of sp³-hybridized carbons (Fsp3) is 0.500. The molecule has 0 aliphatic rings. The Hall–Kier alpha value is -1.25. The molecule has 0 saturated heterocycles. The average molecular weight is 184 g/mol. The molecule has 74 valence electrons. The van der Waals surface area contributed by atoms with Crippen molar-refractivity contribution in [3.63, 3.8) is 0 Å². The van der Waals surface area contributed by atoms with Crippen LogP contribution in [0.3, 0.4) is 0 Å². The van der Waals surface area contributed by atoms with Gasteiger partial charge in [0.25, 0.3) is 0 Å². The zero-order valence-electron chi connectivity index (χ0n) is 7.90. The second-order valence-corrected chi connectivity index (χ2v) is 2.69. The van der Waals surface area contributed by atoms with Gasteiger partial charge in [0.15, 0.2) is 0 Å². The predicted octanol–water partition coefficient (Wildman–Crippen LogP) is 2.35. The molecule has 1 N–H and O–H groups in total. The fourth-order valence-corrected chi connectivity index (χ4v) is 0.845. The lowest BCUT2D eigenvalue weighted by Crippen LogP contribution is -2.05. The highest BCUT2D eigenvalue weighted by Gasteiger charge is 2.00. The lowest BCUT2D eigenvalue weighted by molar-refractivity contribution is -0.131. The summed E-state index contributed by atoms with van der Waals surface area (Å²) in [5.74, 6) is -1.00. The Bertz CT molecular complexity index is 185. The van der Waals surface area contributed by atoms with E-state index in [4.69, 9.17) is 9.84 Å². The molecule has 0 bridgehead atoms. The Morgan fingerprint density at radius 3 is 2.85 bits per heavy atom. The molecule has 0 amide bonds. The largest absolute Gasteiger partial charge is 0.494 e. The summed E-state index contributed by atoms with van der Waals surface area (Å²) < 4.78 is 5.12. The number of rotatable bonds is 7. The summed E-state index contributed by atoms with van der Waals surface area (Å²) in [7, 11) is 0. The van der Waals surface area contributed by atoms with Gasteiger partial charge in [0.1, 0.15) is 6.10 Å². The first kappa shape index (κ1) is 11.8. The van der Waals surface area contributed by atoms with Crippen molar-refractivity contribution in [3.8, 4) is 0 Å². The first-order valence-electron chi connectivity index (χ1n) is 4.38. The highest BCUT2D eigenvalue weighted by Crippen LogP contribution is 2.05. The van der Waals surface area contributed by atoms with E-state index in [9.17, 15) is 4.79 Å². The third kappa shape index (κ3) is 7.12. The molecule has 0 heterocycles. The molecular weight excluding hydrogens is 168 g/mol. The van der Waals surface area contributed by atoms with Gasteiger partial charge in [-0.25, -0.2) is 4.79 Å². The van der Waals surface area contributed by atoms with Gasteiger partial charge < -0.3 is 9.84 Å². The topological polar surface area (TPSA) is 46.5 Å². The van der Waals surface area contributed by atoms with Gasteiger partial charge in [-0.15, -0.1) is 0 Å². The summed E-state index contributed by atoms with van der Waals surface area (Å²) in [6.45, 7) is 5.70. The number of carboxylic acid groups (broad SMARTS) is 1. The van der Waals surface area contributed by atoms with Crippen LogP contribution >= 0.6 is 0 Å². The van der Waals surface area contributed by atoms with E-state index >= 15 is 0 Å². The monoisotopic (exact) mass is 184 g/mol. The SMILES string of the molecule is C=CC(CCCC)O/C=C/C(=O)O. The molecule has 0 aliphatic heterocycles. The van der Waals surface area contributed by atoms with Crippen molar-refractivity contribution in [2.24, 2.45) is 0 Å². The van der Waals surface area contributed by atoms with Crippen LogP contribution in [0.2, 0.25) is 0 Å². The Morgan fingerprint density at radius 1 is 1.69 bits per heavy atom. The molecule has 1 unspecified atom stereocenters. The highest BCUT2D eigenvalue weighted by molar-refractivity contribution is 5.79. The van der Waals surface area contributed by atoms with Gasteiger partial charge in [-0.3, -0.25) is 0 Å². The van der Waals surface area contributed by atoms with Gasteiger partial charge >= 0.3 is 5.97 Å².